The number of rotatable bonds is 1. The van der Waals surface area contributed by atoms with Crippen LogP contribution in [0.3, 0.4) is 0 Å². The quantitative estimate of drug-likeness (QED) is 0.721. The Labute approximate surface area is 113 Å². The lowest BCUT2D eigenvalue weighted by Crippen LogP contribution is -1.90. The van der Waals surface area contributed by atoms with Gasteiger partial charge in [-0.2, -0.15) is 0 Å². The largest absolute Gasteiger partial charge is 0.384 e. The summed E-state index contributed by atoms with van der Waals surface area (Å²) in [6, 6.07) is 11.1. The van der Waals surface area contributed by atoms with Crippen LogP contribution in [0.2, 0.25) is 0 Å². The van der Waals surface area contributed by atoms with Crippen molar-refractivity contribution in [1.82, 2.24) is 4.98 Å². The molecule has 1 aliphatic rings. The van der Waals surface area contributed by atoms with Gasteiger partial charge in [-0.3, -0.25) is 0 Å². The van der Waals surface area contributed by atoms with Crippen LogP contribution in [0.15, 0.2) is 36.4 Å². The molecule has 0 saturated carbocycles. The molecule has 0 amide bonds. The molecule has 0 radical (unpaired) electrons. The van der Waals surface area contributed by atoms with E-state index >= 15 is 0 Å². The van der Waals surface area contributed by atoms with E-state index in [4.69, 9.17) is 0 Å². The van der Waals surface area contributed by atoms with Crippen LogP contribution in [0.25, 0.3) is 20.8 Å². The van der Waals surface area contributed by atoms with Crippen molar-refractivity contribution in [2.24, 2.45) is 0 Å². The van der Waals surface area contributed by atoms with Gasteiger partial charge in [0.1, 0.15) is 10.8 Å². The monoisotopic (exact) mass is 270 g/mol. The highest BCUT2D eigenvalue weighted by atomic mass is 32.1. The molecule has 0 unspecified atom stereocenters. The summed E-state index contributed by atoms with van der Waals surface area (Å²) >= 11 is 1.54. The van der Waals surface area contributed by atoms with Gasteiger partial charge in [-0.05, 0) is 48.4 Å². The maximum atomic E-state index is 13.2. The highest BCUT2D eigenvalue weighted by molar-refractivity contribution is 7.21. The van der Waals surface area contributed by atoms with Crippen molar-refractivity contribution in [2.45, 2.75) is 6.42 Å². The number of aromatic nitrogens is 1. The first-order chi connectivity index (χ1) is 9.29. The summed E-state index contributed by atoms with van der Waals surface area (Å²) in [4.78, 5) is 4.58. The van der Waals surface area contributed by atoms with E-state index in [-0.39, 0.29) is 5.82 Å². The van der Waals surface area contributed by atoms with Crippen LogP contribution < -0.4 is 5.32 Å². The van der Waals surface area contributed by atoms with Gasteiger partial charge in [0.2, 0.25) is 0 Å². The molecule has 0 fully saturated rings. The molecule has 19 heavy (non-hydrogen) atoms. The summed E-state index contributed by atoms with van der Waals surface area (Å²) in [7, 11) is 0. The highest BCUT2D eigenvalue weighted by Gasteiger charge is 2.13. The summed E-state index contributed by atoms with van der Waals surface area (Å²) in [5.74, 6) is -0.208. The van der Waals surface area contributed by atoms with Crippen molar-refractivity contribution in [1.29, 1.82) is 0 Å². The number of hydrogen-bond donors (Lipinski definition) is 1. The first kappa shape index (κ1) is 10.9. The van der Waals surface area contributed by atoms with Gasteiger partial charge in [0, 0.05) is 17.8 Å². The molecule has 0 atom stereocenters. The third-order valence-corrected chi connectivity index (χ3v) is 4.48. The average molecular weight is 270 g/mol. The Morgan fingerprint density at radius 1 is 1.16 bits per heavy atom. The molecule has 2 aromatic carbocycles. The molecular weight excluding hydrogens is 259 g/mol. The Balaban J connectivity index is 1.85. The zero-order valence-electron chi connectivity index (χ0n) is 10.1. The minimum Gasteiger partial charge on any atom is -0.384 e. The SMILES string of the molecule is Fc1ccc2nc(-c3ccc4c(c3)CCN4)sc2c1. The van der Waals surface area contributed by atoms with Gasteiger partial charge in [0.25, 0.3) is 0 Å². The molecule has 0 bridgehead atoms. The van der Waals surface area contributed by atoms with Crippen molar-refractivity contribution >= 4 is 27.2 Å². The average Bonchev–Trinajstić information content (AvgIpc) is 3.02. The van der Waals surface area contributed by atoms with Gasteiger partial charge < -0.3 is 5.32 Å². The molecule has 4 rings (SSSR count). The Bertz CT molecular complexity index is 779. The number of nitrogens with one attached hydrogen (secondary N) is 1. The highest BCUT2D eigenvalue weighted by Crippen LogP contribution is 2.33. The lowest BCUT2D eigenvalue weighted by molar-refractivity contribution is 0.630. The van der Waals surface area contributed by atoms with Crippen LogP contribution in [0.4, 0.5) is 10.1 Å². The number of anilines is 1. The lowest BCUT2D eigenvalue weighted by atomic mass is 10.1. The molecule has 2 nitrogen and oxygen atoms in total. The van der Waals surface area contributed by atoms with E-state index in [1.165, 1.54) is 28.7 Å². The minimum absolute atomic E-state index is 0.208. The number of fused-ring (bicyclic) bond motifs is 2. The van der Waals surface area contributed by atoms with E-state index in [0.717, 1.165) is 33.8 Å². The van der Waals surface area contributed by atoms with Crippen molar-refractivity contribution in [3.63, 3.8) is 0 Å². The number of thiazole rings is 1. The molecule has 0 saturated heterocycles. The molecule has 94 valence electrons. The van der Waals surface area contributed by atoms with Crippen molar-refractivity contribution in [3.8, 4) is 10.6 Å². The van der Waals surface area contributed by atoms with E-state index in [0.29, 0.717) is 0 Å². The fourth-order valence-corrected chi connectivity index (χ4v) is 3.45. The Hall–Kier alpha value is -1.94. The zero-order chi connectivity index (χ0) is 12.8. The second kappa shape index (κ2) is 4.03. The standard InChI is InChI=1S/C15H11FN2S/c16-11-2-4-13-14(8-11)19-15(18-13)10-1-3-12-9(7-10)5-6-17-12/h1-4,7-8,17H,5-6H2. The normalized spacial score (nSPS) is 13.5. The summed E-state index contributed by atoms with van der Waals surface area (Å²) in [5, 5.41) is 4.30. The molecule has 1 aromatic heterocycles. The lowest BCUT2D eigenvalue weighted by Gasteiger charge is -2.01. The van der Waals surface area contributed by atoms with Crippen molar-refractivity contribution in [3.05, 3.63) is 47.8 Å². The topological polar surface area (TPSA) is 24.9 Å². The molecular formula is C15H11FN2S. The molecule has 4 heteroatoms. The second-order valence-electron chi connectivity index (χ2n) is 4.68. The zero-order valence-corrected chi connectivity index (χ0v) is 10.9. The smallest absolute Gasteiger partial charge is 0.124 e. The Morgan fingerprint density at radius 3 is 3.05 bits per heavy atom. The first-order valence-corrected chi connectivity index (χ1v) is 7.04. The molecule has 1 aliphatic heterocycles. The van der Waals surface area contributed by atoms with E-state index in [1.807, 2.05) is 0 Å². The molecule has 3 aromatic rings. The van der Waals surface area contributed by atoms with Crippen LogP contribution in [0, 0.1) is 5.82 Å². The predicted molar refractivity (Wildman–Crippen MR) is 77.2 cm³/mol. The summed E-state index contributed by atoms with van der Waals surface area (Å²) < 4.78 is 14.1. The van der Waals surface area contributed by atoms with Crippen LogP contribution >= 0.6 is 11.3 Å². The van der Waals surface area contributed by atoms with Gasteiger partial charge in [-0.15, -0.1) is 11.3 Å². The number of hydrogen-bond acceptors (Lipinski definition) is 3. The fourth-order valence-electron chi connectivity index (χ4n) is 2.46. The predicted octanol–water partition coefficient (Wildman–Crippen LogP) is 4.07. The van der Waals surface area contributed by atoms with Gasteiger partial charge in [-0.25, -0.2) is 9.37 Å². The van der Waals surface area contributed by atoms with Crippen LogP contribution in [0.1, 0.15) is 5.56 Å². The molecule has 1 N–H and O–H groups in total. The first-order valence-electron chi connectivity index (χ1n) is 6.23. The van der Waals surface area contributed by atoms with Gasteiger partial charge in [-0.1, -0.05) is 0 Å². The third-order valence-electron chi connectivity index (χ3n) is 3.41. The number of nitrogens with zero attached hydrogens (tertiary/aromatic N) is 1. The second-order valence-corrected chi connectivity index (χ2v) is 5.71. The summed E-state index contributed by atoms with van der Waals surface area (Å²) in [6.45, 7) is 1.00. The van der Waals surface area contributed by atoms with Crippen molar-refractivity contribution in [2.75, 3.05) is 11.9 Å². The van der Waals surface area contributed by atoms with E-state index in [9.17, 15) is 4.39 Å². The summed E-state index contributed by atoms with van der Waals surface area (Å²) in [5.41, 5.74) is 4.53. The van der Waals surface area contributed by atoms with E-state index in [2.05, 4.69) is 28.5 Å². The van der Waals surface area contributed by atoms with Crippen molar-refractivity contribution < 1.29 is 4.39 Å². The summed E-state index contributed by atoms with van der Waals surface area (Å²) in [6.07, 6.45) is 1.06. The van der Waals surface area contributed by atoms with Gasteiger partial charge in [0.15, 0.2) is 0 Å². The minimum atomic E-state index is -0.208. The Morgan fingerprint density at radius 2 is 2.11 bits per heavy atom. The van der Waals surface area contributed by atoms with Crippen LogP contribution in [-0.4, -0.2) is 11.5 Å². The van der Waals surface area contributed by atoms with Gasteiger partial charge >= 0.3 is 0 Å². The number of halogens is 1. The van der Waals surface area contributed by atoms with Crippen LogP contribution in [0.5, 0.6) is 0 Å². The third kappa shape index (κ3) is 1.79. The molecule has 0 aliphatic carbocycles. The fraction of sp³-hybridized carbons (Fsp3) is 0.133. The van der Waals surface area contributed by atoms with Gasteiger partial charge in [0.05, 0.1) is 10.2 Å². The van der Waals surface area contributed by atoms with E-state index < -0.39 is 0 Å². The maximum Gasteiger partial charge on any atom is 0.124 e. The van der Waals surface area contributed by atoms with Crippen LogP contribution in [-0.2, 0) is 6.42 Å². The van der Waals surface area contributed by atoms with E-state index in [1.54, 1.807) is 12.1 Å². The molecule has 2 heterocycles. The maximum absolute atomic E-state index is 13.2. The Kier molecular flexibility index (Phi) is 2.32. The number of benzene rings is 2. The molecule has 0 spiro atoms.